The molecule has 1 aliphatic heterocycles. The molecule has 2 amide bonds. The number of nitrogens with zero attached hydrogens (tertiary/aromatic N) is 4. The van der Waals surface area contributed by atoms with Gasteiger partial charge in [-0.25, -0.2) is 0 Å². The molecule has 0 aliphatic carbocycles. The molecular formula is C19H18N4O2. The van der Waals surface area contributed by atoms with Crippen LogP contribution in [-0.4, -0.2) is 52.8 Å². The topological polar surface area (TPSA) is 77.3 Å². The fourth-order valence-corrected chi connectivity index (χ4v) is 2.88. The second-order valence-corrected chi connectivity index (χ2v) is 5.85. The van der Waals surface area contributed by atoms with Gasteiger partial charge in [0.05, 0.1) is 11.6 Å². The van der Waals surface area contributed by atoms with E-state index in [1.807, 2.05) is 6.07 Å². The predicted molar refractivity (Wildman–Crippen MR) is 91.8 cm³/mol. The summed E-state index contributed by atoms with van der Waals surface area (Å²) in [6.45, 7) is 2.12. The van der Waals surface area contributed by atoms with Crippen LogP contribution in [0.1, 0.15) is 32.8 Å². The number of amides is 2. The highest BCUT2D eigenvalue weighted by Gasteiger charge is 2.24. The van der Waals surface area contributed by atoms with Gasteiger partial charge >= 0.3 is 0 Å². The molecule has 6 heteroatoms. The van der Waals surface area contributed by atoms with Gasteiger partial charge in [0, 0.05) is 37.9 Å². The van der Waals surface area contributed by atoms with Crippen LogP contribution in [0.3, 0.4) is 0 Å². The van der Waals surface area contributed by atoms with Crippen LogP contribution < -0.4 is 0 Å². The van der Waals surface area contributed by atoms with Crippen molar-refractivity contribution in [1.29, 1.82) is 5.26 Å². The molecule has 2 heterocycles. The summed E-state index contributed by atoms with van der Waals surface area (Å²) < 4.78 is 0. The SMILES string of the molecule is N#Cc1cccc(C(=O)N2CCCN(C(=O)c3ccccn3)CC2)c1. The lowest BCUT2D eigenvalue weighted by atomic mass is 10.1. The van der Waals surface area contributed by atoms with Gasteiger partial charge in [0.2, 0.25) is 0 Å². The van der Waals surface area contributed by atoms with Gasteiger partial charge in [0.15, 0.2) is 0 Å². The molecule has 1 aromatic carbocycles. The van der Waals surface area contributed by atoms with Gasteiger partial charge < -0.3 is 9.80 Å². The first-order valence-electron chi connectivity index (χ1n) is 8.19. The highest BCUT2D eigenvalue weighted by Crippen LogP contribution is 2.12. The molecule has 126 valence electrons. The number of hydrogen-bond donors (Lipinski definition) is 0. The lowest BCUT2D eigenvalue weighted by Gasteiger charge is -2.22. The second kappa shape index (κ2) is 7.58. The number of pyridine rings is 1. The third-order valence-corrected chi connectivity index (χ3v) is 4.19. The number of hydrogen-bond acceptors (Lipinski definition) is 4. The van der Waals surface area contributed by atoms with E-state index in [4.69, 9.17) is 5.26 Å². The largest absolute Gasteiger partial charge is 0.337 e. The van der Waals surface area contributed by atoms with Crippen LogP contribution in [0.25, 0.3) is 0 Å². The second-order valence-electron chi connectivity index (χ2n) is 5.85. The number of benzene rings is 1. The Balaban J connectivity index is 1.68. The fourth-order valence-electron chi connectivity index (χ4n) is 2.88. The Morgan fingerprint density at radius 1 is 0.960 bits per heavy atom. The van der Waals surface area contributed by atoms with Crippen molar-refractivity contribution in [2.75, 3.05) is 26.2 Å². The molecule has 0 saturated carbocycles. The van der Waals surface area contributed by atoms with Crippen LogP contribution >= 0.6 is 0 Å². The lowest BCUT2D eigenvalue weighted by Crippen LogP contribution is -2.37. The molecule has 0 bridgehead atoms. The molecule has 6 nitrogen and oxygen atoms in total. The molecular weight excluding hydrogens is 316 g/mol. The lowest BCUT2D eigenvalue weighted by molar-refractivity contribution is 0.0715. The van der Waals surface area contributed by atoms with E-state index >= 15 is 0 Å². The monoisotopic (exact) mass is 334 g/mol. The summed E-state index contributed by atoms with van der Waals surface area (Å²) in [7, 11) is 0. The summed E-state index contributed by atoms with van der Waals surface area (Å²) in [5, 5.41) is 8.98. The molecule has 0 spiro atoms. The van der Waals surface area contributed by atoms with Crippen molar-refractivity contribution in [1.82, 2.24) is 14.8 Å². The molecule has 1 aliphatic rings. The van der Waals surface area contributed by atoms with Crippen molar-refractivity contribution in [3.8, 4) is 6.07 Å². The zero-order chi connectivity index (χ0) is 17.6. The summed E-state index contributed by atoms with van der Waals surface area (Å²) in [4.78, 5) is 32.8. The smallest absolute Gasteiger partial charge is 0.272 e. The van der Waals surface area contributed by atoms with Crippen LogP contribution in [0.5, 0.6) is 0 Å². The minimum Gasteiger partial charge on any atom is -0.337 e. The maximum absolute atomic E-state index is 12.7. The van der Waals surface area contributed by atoms with Crippen LogP contribution in [0.4, 0.5) is 0 Å². The van der Waals surface area contributed by atoms with Crippen LogP contribution in [0.15, 0.2) is 48.7 Å². The maximum atomic E-state index is 12.7. The molecule has 1 saturated heterocycles. The molecule has 0 unspecified atom stereocenters. The van der Waals surface area contributed by atoms with Gasteiger partial charge in [-0.1, -0.05) is 12.1 Å². The van der Waals surface area contributed by atoms with Gasteiger partial charge in [-0.2, -0.15) is 5.26 Å². The van der Waals surface area contributed by atoms with E-state index in [1.165, 1.54) is 0 Å². The number of nitriles is 1. The normalized spacial score (nSPS) is 14.5. The molecule has 1 aromatic heterocycles. The number of aromatic nitrogens is 1. The van der Waals surface area contributed by atoms with E-state index in [1.54, 1.807) is 58.5 Å². The fraction of sp³-hybridized carbons (Fsp3) is 0.263. The van der Waals surface area contributed by atoms with E-state index in [2.05, 4.69) is 4.98 Å². The summed E-state index contributed by atoms with van der Waals surface area (Å²) in [5.41, 5.74) is 1.39. The zero-order valence-corrected chi connectivity index (χ0v) is 13.8. The molecule has 0 N–H and O–H groups in total. The minimum atomic E-state index is -0.110. The summed E-state index contributed by atoms with van der Waals surface area (Å²) in [5.74, 6) is -0.217. The first kappa shape index (κ1) is 16.7. The van der Waals surface area contributed by atoms with Crippen LogP contribution in [0.2, 0.25) is 0 Å². The number of carbonyl (C=O) groups is 2. The molecule has 25 heavy (non-hydrogen) atoms. The molecule has 2 aromatic rings. The Bertz CT molecular complexity index is 814. The Hall–Kier alpha value is -3.20. The van der Waals surface area contributed by atoms with E-state index in [9.17, 15) is 9.59 Å². The maximum Gasteiger partial charge on any atom is 0.272 e. The van der Waals surface area contributed by atoms with Gasteiger partial charge in [-0.15, -0.1) is 0 Å². The highest BCUT2D eigenvalue weighted by atomic mass is 16.2. The minimum absolute atomic E-state index is 0.107. The number of carbonyl (C=O) groups excluding carboxylic acids is 2. The zero-order valence-electron chi connectivity index (χ0n) is 13.8. The molecule has 0 atom stereocenters. The van der Waals surface area contributed by atoms with E-state index in [0.717, 1.165) is 0 Å². The third-order valence-electron chi connectivity index (χ3n) is 4.19. The molecule has 0 radical (unpaired) electrons. The van der Waals surface area contributed by atoms with Gasteiger partial charge in [0.1, 0.15) is 5.69 Å². The van der Waals surface area contributed by atoms with E-state index in [-0.39, 0.29) is 11.8 Å². The van der Waals surface area contributed by atoms with E-state index < -0.39 is 0 Å². The molecule has 1 fully saturated rings. The van der Waals surface area contributed by atoms with Crippen molar-refractivity contribution < 1.29 is 9.59 Å². The van der Waals surface area contributed by atoms with Gasteiger partial charge in [-0.05, 0) is 36.8 Å². The molecule has 3 rings (SSSR count). The highest BCUT2D eigenvalue weighted by molar-refractivity contribution is 5.95. The Morgan fingerprint density at radius 3 is 2.40 bits per heavy atom. The predicted octanol–water partition coefficient (Wildman–Crippen LogP) is 1.94. The Morgan fingerprint density at radius 2 is 1.72 bits per heavy atom. The summed E-state index contributed by atoms with van der Waals surface area (Å²) in [6, 6.07) is 14.0. The van der Waals surface area contributed by atoms with Crippen molar-refractivity contribution in [2.45, 2.75) is 6.42 Å². The summed E-state index contributed by atoms with van der Waals surface area (Å²) in [6.07, 6.45) is 2.31. The Labute approximate surface area is 146 Å². The number of rotatable bonds is 2. The van der Waals surface area contributed by atoms with Crippen LogP contribution in [0, 0.1) is 11.3 Å². The van der Waals surface area contributed by atoms with Crippen molar-refractivity contribution >= 4 is 11.8 Å². The third kappa shape index (κ3) is 3.83. The quantitative estimate of drug-likeness (QED) is 0.841. The Kier molecular flexibility index (Phi) is 5.05. The first-order valence-corrected chi connectivity index (χ1v) is 8.19. The average molecular weight is 334 g/mol. The van der Waals surface area contributed by atoms with Crippen molar-refractivity contribution in [2.24, 2.45) is 0 Å². The summed E-state index contributed by atoms with van der Waals surface area (Å²) >= 11 is 0. The van der Waals surface area contributed by atoms with E-state index in [0.29, 0.717) is 49.4 Å². The van der Waals surface area contributed by atoms with Crippen LogP contribution in [-0.2, 0) is 0 Å². The van der Waals surface area contributed by atoms with Gasteiger partial charge in [-0.3, -0.25) is 14.6 Å². The van der Waals surface area contributed by atoms with Crippen molar-refractivity contribution in [3.63, 3.8) is 0 Å². The standard InChI is InChI=1S/C19H18N4O2/c20-14-15-5-3-6-16(13-15)18(24)22-9-4-10-23(12-11-22)19(25)17-7-1-2-8-21-17/h1-3,5-8,13H,4,9-12H2. The van der Waals surface area contributed by atoms with Crippen molar-refractivity contribution in [3.05, 3.63) is 65.5 Å². The van der Waals surface area contributed by atoms with Gasteiger partial charge in [0.25, 0.3) is 11.8 Å². The first-order chi connectivity index (χ1) is 12.2. The average Bonchev–Trinajstić information content (AvgIpc) is 2.94.